The maximum atomic E-state index is 11.1. The van der Waals surface area contributed by atoms with Crippen molar-refractivity contribution in [3.63, 3.8) is 0 Å². The minimum Gasteiger partial charge on any atom is -0.501 e. The van der Waals surface area contributed by atoms with Crippen LogP contribution in [0.15, 0.2) is 24.1 Å². The van der Waals surface area contributed by atoms with Gasteiger partial charge in [0.25, 0.3) is 0 Å². The zero-order valence-electron chi connectivity index (χ0n) is 9.07. The van der Waals surface area contributed by atoms with E-state index in [1.54, 1.807) is 13.2 Å². The average molecular weight is 219 g/mol. The molecule has 0 saturated carbocycles. The van der Waals surface area contributed by atoms with Gasteiger partial charge in [-0.25, -0.2) is 8.42 Å². The number of sulfonamides is 1. The predicted molar refractivity (Wildman–Crippen MR) is 57.1 cm³/mol. The number of nitrogens with zero attached hydrogens (tertiary/aromatic N) is 1. The molecule has 0 aromatic heterocycles. The average Bonchev–Trinajstić information content (AvgIpc) is 2.11. The molecule has 0 saturated heterocycles. The van der Waals surface area contributed by atoms with Gasteiger partial charge in [0.2, 0.25) is 10.0 Å². The van der Waals surface area contributed by atoms with Crippen LogP contribution < -0.4 is 0 Å². The van der Waals surface area contributed by atoms with E-state index in [0.717, 1.165) is 10.6 Å². The molecule has 0 radical (unpaired) electrons. The van der Waals surface area contributed by atoms with Crippen LogP contribution in [0, 0.1) is 0 Å². The van der Waals surface area contributed by atoms with Gasteiger partial charge in [-0.15, -0.1) is 0 Å². The third kappa shape index (κ3) is 3.83. The largest absolute Gasteiger partial charge is 0.501 e. The van der Waals surface area contributed by atoms with Gasteiger partial charge in [-0.2, -0.15) is 0 Å². The molecule has 0 aliphatic rings. The van der Waals surface area contributed by atoms with E-state index < -0.39 is 10.0 Å². The van der Waals surface area contributed by atoms with E-state index in [1.807, 2.05) is 6.92 Å². The minimum absolute atomic E-state index is 0.395. The van der Waals surface area contributed by atoms with Crippen molar-refractivity contribution in [2.24, 2.45) is 0 Å². The number of methoxy groups -OCH3 is 1. The second-order valence-corrected chi connectivity index (χ2v) is 4.90. The van der Waals surface area contributed by atoms with Crippen LogP contribution >= 0.6 is 0 Å². The normalized spacial score (nSPS) is 12.4. The molecule has 14 heavy (non-hydrogen) atoms. The number of allylic oxidation sites excluding steroid dienone is 2. The SMILES string of the molecule is C=C(/C=C(\CC)OC)N(C)S(C)(=O)=O. The van der Waals surface area contributed by atoms with E-state index in [0.29, 0.717) is 17.9 Å². The highest BCUT2D eigenvalue weighted by Gasteiger charge is 2.11. The van der Waals surface area contributed by atoms with Gasteiger partial charge in [-0.05, 0) is 6.08 Å². The summed E-state index contributed by atoms with van der Waals surface area (Å²) < 4.78 is 28.4. The highest BCUT2D eigenvalue weighted by Crippen LogP contribution is 2.10. The van der Waals surface area contributed by atoms with Crippen molar-refractivity contribution in [1.82, 2.24) is 4.31 Å². The van der Waals surface area contributed by atoms with E-state index >= 15 is 0 Å². The Morgan fingerprint density at radius 3 is 2.36 bits per heavy atom. The third-order valence-electron chi connectivity index (χ3n) is 1.84. The molecule has 0 bridgehead atoms. The lowest BCUT2D eigenvalue weighted by Crippen LogP contribution is -2.23. The Morgan fingerprint density at radius 2 is 2.07 bits per heavy atom. The van der Waals surface area contributed by atoms with Crippen molar-refractivity contribution in [3.05, 3.63) is 24.1 Å². The van der Waals surface area contributed by atoms with E-state index in [2.05, 4.69) is 6.58 Å². The molecular formula is C9H17NO3S. The summed E-state index contributed by atoms with van der Waals surface area (Å²) in [5.41, 5.74) is 0.395. The molecular weight excluding hydrogens is 202 g/mol. The van der Waals surface area contributed by atoms with E-state index in [4.69, 9.17) is 4.74 Å². The summed E-state index contributed by atoms with van der Waals surface area (Å²) >= 11 is 0. The summed E-state index contributed by atoms with van der Waals surface area (Å²) in [6, 6.07) is 0. The summed E-state index contributed by atoms with van der Waals surface area (Å²) in [5, 5.41) is 0. The van der Waals surface area contributed by atoms with Crippen LogP contribution in [-0.4, -0.2) is 33.1 Å². The van der Waals surface area contributed by atoms with Gasteiger partial charge in [-0.3, -0.25) is 4.31 Å². The molecule has 0 rings (SSSR count). The molecule has 82 valence electrons. The smallest absolute Gasteiger partial charge is 0.231 e. The molecule has 0 aromatic carbocycles. The number of hydrogen-bond acceptors (Lipinski definition) is 3. The van der Waals surface area contributed by atoms with Crippen LogP contribution in [0.5, 0.6) is 0 Å². The third-order valence-corrected chi connectivity index (χ3v) is 3.07. The van der Waals surface area contributed by atoms with Crippen molar-refractivity contribution in [2.75, 3.05) is 20.4 Å². The molecule has 0 aliphatic heterocycles. The summed E-state index contributed by atoms with van der Waals surface area (Å²) in [6.07, 6.45) is 3.44. The van der Waals surface area contributed by atoms with Crippen LogP contribution in [0.4, 0.5) is 0 Å². The quantitative estimate of drug-likeness (QED) is 0.517. The predicted octanol–water partition coefficient (Wildman–Crippen LogP) is 1.33. The summed E-state index contributed by atoms with van der Waals surface area (Å²) in [6.45, 7) is 5.57. The number of ether oxygens (including phenoxy) is 1. The second kappa shape index (κ2) is 5.05. The lowest BCUT2D eigenvalue weighted by Gasteiger charge is -2.17. The Morgan fingerprint density at radius 1 is 1.57 bits per heavy atom. The van der Waals surface area contributed by atoms with Crippen LogP contribution in [-0.2, 0) is 14.8 Å². The van der Waals surface area contributed by atoms with Crippen molar-refractivity contribution in [3.8, 4) is 0 Å². The molecule has 0 atom stereocenters. The maximum Gasteiger partial charge on any atom is 0.231 e. The first kappa shape index (κ1) is 13.0. The van der Waals surface area contributed by atoms with Crippen molar-refractivity contribution in [2.45, 2.75) is 13.3 Å². The highest BCUT2D eigenvalue weighted by atomic mass is 32.2. The first-order valence-corrected chi connectivity index (χ1v) is 6.05. The maximum absolute atomic E-state index is 11.1. The Hall–Kier alpha value is -0.970. The van der Waals surface area contributed by atoms with Gasteiger partial charge >= 0.3 is 0 Å². The van der Waals surface area contributed by atoms with Gasteiger partial charge in [0.05, 0.1) is 19.1 Å². The molecule has 0 amide bonds. The Bertz CT molecular complexity index is 324. The van der Waals surface area contributed by atoms with E-state index in [1.165, 1.54) is 7.05 Å². The fraction of sp³-hybridized carbons (Fsp3) is 0.556. The van der Waals surface area contributed by atoms with Gasteiger partial charge in [0.1, 0.15) is 0 Å². The second-order valence-electron chi connectivity index (χ2n) is 2.89. The lowest BCUT2D eigenvalue weighted by atomic mass is 10.3. The molecule has 4 nitrogen and oxygen atoms in total. The number of hydrogen-bond donors (Lipinski definition) is 0. The van der Waals surface area contributed by atoms with Crippen molar-refractivity contribution >= 4 is 10.0 Å². The van der Waals surface area contributed by atoms with E-state index in [-0.39, 0.29) is 0 Å². The molecule has 0 aliphatic carbocycles. The standard InChI is InChI=1S/C9H17NO3S/c1-6-9(13-4)7-8(2)10(3)14(5,11)12/h7H,2,6H2,1,3-5H3/b9-7+. The molecule has 0 fully saturated rings. The Kier molecular flexibility index (Phi) is 4.70. The number of rotatable bonds is 5. The van der Waals surface area contributed by atoms with Gasteiger partial charge in [-0.1, -0.05) is 13.5 Å². The fourth-order valence-electron chi connectivity index (χ4n) is 0.795. The molecule has 0 unspecified atom stereocenters. The van der Waals surface area contributed by atoms with Crippen LogP contribution in [0.3, 0.4) is 0 Å². The molecule has 5 heteroatoms. The summed E-state index contributed by atoms with van der Waals surface area (Å²) in [5.74, 6) is 0.700. The topological polar surface area (TPSA) is 46.6 Å². The molecule has 0 heterocycles. The lowest BCUT2D eigenvalue weighted by molar-refractivity contribution is 0.279. The zero-order valence-corrected chi connectivity index (χ0v) is 9.89. The van der Waals surface area contributed by atoms with E-state index in [9.17, 15) is 8.42 Å². The van der Waals surface area contributed by atoms with Crippen LogP contribution in [0.1, 0.15) is 13.3 Å². The summed E-state index contributed by atoms with van der Waals surface area (Å²) in [7, 11) is -0.230. The van der Waals surface area contributed by atoms with Crippen molar-refractivity contribution < 1.29 is 13.2 Å². The van der Waals surface area contributed by atoms with Gasteiger partial charge in [0, 0.05) is 19.2 Å². The van der Waals surface area contributed by atoms with Crippen molar-refractivity contribution in [1.29, 1.82) is 0 Å². The number of likely N-dealkylation sites (N-methyl/N-ethyl adjacent to an activating group) is 1. The molecule has 0 N–H and O–H groups in total. The molecule has 0 aromatic rings. The zero-order chi connectivity index (χ0) is 11.4. The van der Waals surface area contributed by atoms with Crippen LogP contribution in [0.25, 0.3) is 0 Å². The first-order valence-electron chi connectivity index (χ1n) is 4.20. The van der Waals surface area contributed by atoms with Crippen LogP contribution in [0.2, 0.25) is 0 Å². The first-order chi connectivity index (χ1) is 6.32. The Balaban J connectivity index is 4.74. The van der Waals surface area contributed by atoms with Gasteiger partial charge < -0.3 is 4.74 Å². The monoisotopic (exact) mass is 219 g/mol. The minimum atomic E-state index is -3.23. The molecule has 0 spiro atoms. The Labute approximate surface area is 85.9 Å². The fourth-order valence-corrected chi connectivity index (χ4v) is 1.27. The highest BCUT2D eigenvalue weighted by molar-refractivity contribution is 7.88. The van der Waals surface area contributed by atoms with Gasteiger partial charge in [0.15, 0.2) is 0 Å². The summed E-state index contributed by atoms with van der Waals surface area (Å²) in [4.78, 5) is 0.